The third kappa shape index (κ3) is 3.53. The van der Waals surface area contributed by atoms with Crippen LogP contribution in [0.5, 0.6) is 0 Å². The topological polar surface area (TPSA) is 72.2 Å². The lowest BCUT2D eigenvalue weighted by Gasteiger charge is -2.14. The summed E-state index contributed by atoms with van der Waals surface area (Å²) >= 11 is 3.55. The van der Waals surface area contributed by atoms with Crippen molar-refractivity contribution in [3.8, 4) is 0 Å². The van der Waals surface area contributed by atoms with Crippen LogP contribution in [-0.4, -0.2) is 22.2 Å². The molecule has 2 unspecified atom stereocenters. The van der Waals surface area contributed by atoms with Gasteiger partial charge in [-0.15, -0.1) is 0 Å². The number of amides is 1. The Balaban J connectivity index is 2.03. The third-order valence-corrected chi connectivity index (χ3v) is 4.65. The number of carbonyl (C=O) groups excluding carboxylic acids is 1. The molecule has 2 rings (SSSR count). The van der Waals surface area contributed by atoms with E-state index >= 15 is 0 Å². The van der Waals surface area contributed by atoms with Gasteiger partial charge in [0, 0.05) is 23.0 Å². The van der Waals surface area contributed by atoms with E-state index in [9.17, 15) is 19.3 Å². The van der Waals surface area contributed by atoms with E-state index in [1.54, 1.807) is 0 Å². The maximum absolute atomic E-state index is 13.3. The van der Waals surface area contributed by atoms with E-state index in [4.69, 9.17) is 0 Å². The molecule has 7 heteroatoms. The molecule has 0 heterocycles. The average molecular weight is 345 g/mol. The molecule has 0 aromatic heterocycles. The van der Waals surface area contributed by atoms with Crippen molar-refractivity contribution >= 4 is 27.5 Å². The number of hydrogen-bond acceptors (Lipinski definition) is 3. The average Bonchev–Trinajstić information content (AvgIpc) is 2.80. The predicted octanol–water partition coefficient (Wildman–Crippen LogP) is 3.03. The molecular weight excluding hydrogens is 331 g/mol. The van der Waals surface area contributed by atoms with Gasteiger partial charge < -0.3 is 5.32 Å². The largest absolute Gasteiger partial charge is 0.352 e. The first-order chi connectivity index (χ1) is 9.47. The molecule has 5 nitrogen and oxygen atoms in total. The van der Waals surface area contributed by atoms with Crippen LogP contribution in [0.25, 0.3) is 0 Å². The Morgan fingerprint density at radius 3 is 2.80 bits per heavy atom. The summed E-state index contributed by atoms with van der Waals surface area (Å²) in [5, 5.41) is 13.3. The number of nitro benzene ring substituents is 1. The maximum Gasteiger partial charge on any atom is 0.273 e. The van der Waals surface area contributed by atoms with Crippen molar-refractivity contribution in [3.63, 3.8) is 0 Å². The normalized spacial score (nSPS) is 21.7. The predicted molar refractivity (Wildman–Crippen MR) is 75.4 cm³/mol. The SMILES string of the molecule is O=C(NCC1CCCC1Br)c1cc(F)cc([N+](=O)[O-])c1. The van der Waals surface area contributed by atoms with E-state index in [1.807, 2.05) is 0 Å². The molecule has 1 aliphatic carbocycles. The van der Waals surface area contributed by atoms with Crippen LogP contribution in [0.2, 0.25) is 0 Å². The number of carbonyl (C=O) groups is 1. The number of nitro groups is 1. The Kier molecular flexibility index (Phi) is 4.69. The molecule has 108 valence electrons. The van der Waals surface area contributed by atoms with Gasteiger partial charge in [0.2, 0.25) is 0 Å². The van der Waals surface area contributed by atoms with Crippen LogP contribution in [0.1, 0.15) is 29.6 Å². The first kappa shape index (κ1) is 14.9. The molecule has 2 atom stereocenters. The summed E-state index contributed by atoms with van der Waals surface area (Å²) in [6.45, 7) is 0.485. The first-order valence-corrected chi connectivity index (χ1v) is 7.26. The summed E-state index contributed by atoms with van der Waals surface area (Å²) in [5.41, 5.74) is -0.449. The van der Waals surface area contributed by atoms with Gasteiger partial charge in [0.25, 0.3) is 11.6 Å². The zero-order chi connectivity index (χ0) is 14.7. The lowest BCUT2D eigenvalue weighted by atomic mass is 10.1. The Morgan fingerprint density at radius 2 is 2.20 bits per heavy atom. The fourth-order valence-corrected chi connectivity index (χ4v) is 3.13. The van der Waals surface area contributed by atoms with Crippen LogP contribution in [0, 0.1) is 21.8 Å². The minimum atomic E-state index is -0.788. The number of rotatable bonds is 4. The quantitative estimate of drug-likeness (QED) is 0.518. The van der Waals surface area contributed by atoms with Crippen LogP contribution in [-0.2, 0) is 0 Å². The number of benzene rings is 1. The van der Waals surface area contributed by atoms with Crippen molar-refractivity contribution in [2.24, 2.45) is 5.92 Å². The third-order valence-electron chi connectivity index (χ3n) is 3.45. The van der Waals surface area contributed by atoms with Gasteiger partial charge in [0.05, 0.1) is 11.0 Å². The summed E-state index contributed by atoms with van der Waals surface area (Å²) in [5.74, 6) is -0.926. The highest BCUT2D eigenvalue weighted by Crippen LogP contribution is 2.30. The number of alkyl halides is 1. The summed E-state index contributed by atoms with van der Waals surface area (Å²) < 4.78 is 13.3. The van der Waals surface area contributed by atoms with Crippen molar-refractivity contribution in [1.29, 1.82) is 0 Å². The van der Waals surface area contributed by atoms with E-state index in [2.05, 4.69) is 21.2 Å². The Morgan fingerprint density at radius 1 is 1.45 bits per heavy atom. The molecular formula is C13H14BrFN2O3. The molecule has 1 saturated carbocycles. The van der Waals surface area contributed by atoms with Crippen molar-refractivity contribution in [1.82, 2.24) is 5.32 Å². The summed E-state index contributed by atoms with van der Waals surface area (Å²) in [7, 11) is 0. The molecule has 1 aliphatic rings. The molecule has 1 fully saturated rings. The lowest BCUT2D eigenvalue weighted by molar-refractivity contribution is -0.385. The molecule has 1 amide bonds. The van der Waals surface area contributed by atoms with Crippen LogP contribution < -0.4 is 5.32 Å². The second-order valence-corrected chi connectivity index (χ2v) is 6.05. The van der Waals surface area contributed by atoms with Crippen LogP contribution in [0.3, 0.4) is 0 Å². The van der Waals surface area contributed by atoms with Gasteiger partial charge in [0.1, 0.15) is 5.82 Å². The first-order valence-electron chi connectivity index (χ1n) is 6.34. The molecule has 0 saturated heterocycles. The molecule has 0 radical (unpaired) electrons. The smallest absolute Gasteiger partial charge is 0.273 e. The number of halogens is 2. The van der Waals surface area contributed by atoms with Gasteiger partial charge in [-0.25, -0.2) is 4.39 Å². The Bertz CT molecular complexity index is 538. The zero-order valence-electron chi connectivity index (χ0n) is 10.6. The minimum absolute atomic E-state index is 0.0270. The standard InChI is InChI=1S/C13H14BrFN2O3/c14-12-3-1-2-8(12)7-16-13(18)9-4-10(15)6-11(5-9)17(19)20/h4-6,8,12H,1-3,7H2,(H,16,18). The molecule has 0 bridgehead atoms. The Labute approximate surface area is 123 Å². The molecule has 1 aromatic rings. The number of nitrogens with one attached hydrogen (secondary N) is 1. The van der Waals surface area contributed by atoms with E-state index < -0.39 is 22.3 Å². The zero-order valence-corrected chi connectivity index (χ0v) is 12.2. The van der Waals surface area contributed by atoms with Gasteiger partial charge >= 0.3 is 0 Å². The highest BCUT2D eigenvalue weighted by atomic mass is 79.9. The highest BCUT2D eigenvalue weighted by Gasteiger charge is 2.25. The van der Waals surface area contributed by atoms with Gasteiger partial charge in [-0.2, -0.15) is 0 Å². The van der Waals surface area contributed by atoms with Crippen LogP contribution in [0.4, 0.5) is 10.1 Å². The van der Waals surface area contributed by atoms with Gasteiger partial charge in [-0.3, -0.25) is 14.9 Å². The van der Waals surface area contributed by atoms with Gasteiger partial charge in [-0.05, 0) is 24.8 Å². The maximum atomic E-state index is 13.3. The van der Waals surface area contributed by atoms with Crippen molar-refractivity contribution < 1.29 is 14.1 Å². The Hall–Kier alpha value is -1.50. The number of nitrogens with zero attached hydrogens (tertiary/aromatic N) is 1. The number of hydrogen-bond donors (Lipinski definition) is 1. The summed E-state index contributed by atoms with van der Waals surface area (Å²) in [6.07, 6.45) is 3.22. The summed E-state index contributed by atoms with van der Waals surface area (Å²) in [4.78, 5) is 22.2. The fourth-order valence-electron chi connectivity index (χ4n) is 2.36. The molecule has 0 spiro atoms. The molecule has 1 aromatic carbocycles. The second kappa shape index (κ2) is 6.30. The second-order valence-electron chi connectivity index (χ2n) is 4.87. The number of non-ortho nitro benzene ring substituents is 1. The minimum Gasteiger partial charge on any atom is -0.352 e. The van der Waals surface area contributed by atoms with Crippen molar-refractivity contribution in [3.05, 3.63) is 39.7 Å². The fraction of sp³-hybridized carbons (Fsp3) is 0.462. The molecule has 1 N–H and O–H groups in total. The molecule has 20 heavy (non-hydrogen) atoms. The highest BCUT2D eigenvalue weighted by molar-refractivity contribution is 9.09. The van der Waals surface area contributed by atoms with Crippen molar-refractivity contribution in [2.45, 2.75) is 24.1 Å². The van der Waals surface area contributed by atoms with E-state index in [0.717, 1.165) is 37.5 Å². The van der Waals surface area contributed by atoms with E-state index in [1.165, 1.54) is 0 Å². The van der Waals surface area contributed by atoms with E-state index in [0.29, 0.717) is 17.3 Å². The van der Waals surface area contributed by atoms with Gasteiger partial charge in [-0.1, -0.05) is 22.4 Å². The van der Waals surface area contributed by atoms with Crippen molar-refractivity contribution in [2.75, 3.05) is 6.54 Å². The molecule has 0 aliphatic heterocycles. The lowest BCUT2D eigenvalue weighted by Crippen LogP contribution is -2.31. The monoisotopic (exact) mass is 344 g/mol. The summed E-state index contributed by atoms with van der Waals surface area (Å²) in [6, 6.07) is 2.88. The van der Waals surface area contributed by atoms with E-state index in [-0.39, 0.29) is 5.56 Å². The van der Waals surface area contributed by atoms with Crippen LogP contribution >= 0.6 is 15.9 Å². The van der Waals surface area contributed by atoms with Crippen LogP contribution in [0.15, 0.2) is 18.2 Å². The van der Waals surface area contributed by atoms with Gasteiger partial charge in [0.15, 0.2) is 0 Å².